The summed E-state index contributed by atoms with van der Waals surface area (Å²) < 4.78 is 27.4. The van der Waals surface area contributed by atoms with Crippen LogP contribution in [0.3, 0.4) is 0 Å². The van der Waals surface area contributed by atoms with Crippen molar-refractivity contribution < 1.29 is 8.42 Å². The van der Waals surface area contributed by atoms with Crippen molar-refractivity contribution in [2.75, 3.05) is 13.1 Å². The van der Waals surface area contributed by atoms with Gasteiger partial charge in [0.25, 0.3) is 0 Å². The van der Waals surface area contributed by atoms with Crippen LogP contribution in [0.5, 0.6) is 0 Å². The summed E-state index contributed by atoms with van der Waals surface area (Å²) >= 11 is 12.2. The van der Waals surface area contributed by atoms with Gasteiger partial charge in [-0.3, -0.25) is 0 Å². The maximum Gasteiger partial charge on any atom is 0.242 e. The minimum Gasteiger partial charge on any atom is -0.313 e. The predicted octanol–water partition coefficient (Wildman–Crippen LogP) is 3.04. The van der Waals surface area contributed by atoms with Crippen LogP contribution in [0.1, 0.15) is 25.8 Å². The molecule has 1 saturated carbocycles. The molecule has 1 aliphatic rings. The quantitative estimate of drug-likeness (QED) is 0.794. The van der Waals surface area contributed by atoms with Crippen molar-refractivity contribution in [2.45, 2.75) is 31.7 Å². The van der Waals surface area contributed by atoms with E-state index in [-0.39, 0.29) is 9.92 Å². The Hall–Kier alpha value is -0.330. The minimum absolute atomic E-state index is 0.0924. The lowest BCUT2D eigenvalue weighted by Gasteiger charge is -2.12. The Morgan fingerprint density at radius 1 is 1.29 bits per heavy atom. The van der Waals surface area contributed by atoms with E-state index in [4.69, 9.17) is 23.2 Å². The van der Waals surface area contributed by atoms with E-state index in [2.05, 4.69) is 17.0 Å². The van der Waals surface area contributed by atoms with Crippen molar-refractivity contribution in [3.63, 3.8) is 0 Å². The molecule has 1 fully saturated rings. The van der Waals surface area contributed by atoms with Gasteiger partial charge in [0.15, 0.2) is 0 Å². The molecule has 1 aromatic rings. The third-order valence-electron chi connectivity index (χ3n) is 3.77. The zero-order chi connectivity index (χ0) is 15.6. The first-order valence-electron chi connectivity index (χ1n) is 7.03. The summed E-state index contributed by atoms with van der Waals surface area (Å²) in [5.74, 6) is 1.03. The summed E-state index contributed by atoms with van der Waals surface area (Å²) in [6, 6.07) is 3.04. The Morgan fingerprint density at radius 2 is 1.95 bits per heavy atom. The molecule has 0 bridgehead atoms. The van der Waals surface area contributed by atoms with Crippen LogP contribution in [-0.2, 0) is 16.6 Å². The molecule has 21 heavy (non-hydrogen) atoms. The number of hydrogen-bond acceptors (Lipinski definition) is 3. The highest BCUT2D eigenvalue weighted by atomic mass is 35.5. The highest BCUT2D eigenvalue weighted by Crippen LogP contribution is 2.37. The molecule has 0 spiro atoms. The highest BCUT2D eigenvalue weighted by molar-refractivity contribution is 7.89. The van der Waals surface area contributed by atoms with E-state index in [1.54, 1.807) is 6.07 Å². The van der Waals surface area contributed by atoms with Crippen molar-refractivity contribution in [2.24, 2.45) is 11.8 Å². The van der Waals surface area contributed by atoms with E-state index >= 15 is 0 Å². The molecule has 0 heterocycles. The smallest absolute Gasteiger partial charge is 0.242 e. The molecule has 0 aliphatic heterocycles. The minimum atomic E-state index is -3.60. The Bertz CT molecular complexity index is 620. The van der Waals surface area contributed by atoms with E-state index in [9.17, 15) is 8.42 Å². The fourth-order valence-electron chi connectivity index (χ4n) is 2.15. The number of benzene rings is 1. The first-order valence-corrected chi connectivity index (χ1v) is 9.27. The largest absolute Gasteiger partial charge is 0.313 e. The molecule has 2 rings (SSSR count). The van der Waals surface area contributed by atoms with Crippen molar-refractivity contribution >= 4 is 33.2 Å². The van der Waals surface area contributed by atoms with Crippen LogP contribution in [0.2, 0.25) is 10.0 Å². The van der Waals surface area contributed by atoms with Crippen LogP contribution < -0.4 is 10.0 Å². The second kappa shape index (κ2) is 6.84. The SMILES string of the molecule is CCNCc1cc(S(=O)(=O)NCC2CC2C)c(Cl)cc1Cl. The Kier molecular flexibility index (Phi) is 5.54. The third-order valence-corrected chi connectivity index (χ3v) is 6.01. The van der Waals surface area contributed by atoms with Gasteiger partial charge >= 0.3 is 0 Å². The molecule has 7 heteroatoms. The van der Waals surface area contributed by atoms with Crippen LogP contribution in [0, 0.1) is 11.8 Å². The third kappa shape index (κ3) is 4.33. The number of nitrogens with one attached hydrogen (secondary N) is 2. The first kappa shape index (κ1) is 17.0. The first-order chi connectivity index (χ1) is 9.85. The van der Waals surface area contributed by atoms with Crippen molar-refractivity contribution in [1.82, 2.24) is 10.0 Å². The number of hydrogen-bond donors (Lipinski definition) is 2. The van der Waals surface area contributed by atoms with Crippen LogP contribution in [0.4, 0.5) is 0 Å². The summed E-state index contributed by atoms with van der Waals surface area (Å²) in [7, 11) is -3.60. The maximum absolute atomic E-state index is 12.4. The lowest BCUT2D eigenvalue weighted by Crippen LogP contribution is -2.26. The summed E-state index contributed by atoms with van der Waals surface area (Å²) in [5, 5.41) is 3.74. The van der Waals surface area contributed by atoms with Crippen molar-refractivity contribution in [3.05, 3.63) is 27.7 Å². The maximum atomic E-state index is 12.4. The van der Waals surface area contributed by atoms with Gasteiger partial charge in [-0.05, 0) is 42.5 Å². The summed E-state index contributed by atoms with van der Waals surface area (Å²) in [4.78, 5) is 0.0924. The van der Waals surface area contributed by atoms with Gasteiger partial charge in [-0.2, -0.15) is 0 Å². The van der Waals surface area contributed by atoms with Crippen LogP contribution in [0.15, 0.2) is 17.0 Å². The zero-order valence-corrected chi connectivity index (χ0v) is 14.4. The van der Waals surface area contributed by atoms with Gasteiger partial charge in [0.1, 0.15) is 4.90 Å². The van der Waals surface area contributed by atoms with Crippen LogP contribution in [-0.4, -0.2) is 21.5 Å². The molecule has 2 N–H and O–H groups in total. The van der Waals surface area contributed by atoms with Gasteiger partial charge in [-0.25, -0.2) is 13.1 Å². The number of rotatable bonds is 7. The predicted molar refractivity (Wildman–Crippen MR) is 86.3 cm³/mol. The van der Waals surface area contributed by atoms with Gasteiger partial charge in [0.2, 0.25) is 10.0 Å². The average molecular weight is 351 g/mol. The molecule has 118 valence electrons. The lowest BCUT2D eigenvalue weighted by molar-refractivity contribution is 0.574. The molecule has 0 aromatic heterocycles. The standard InChI is InChI=1S/C14H20Cl2N2O2S/c1-3-17-7-11-5-14(13(16)6-12(11)15)21(19,20)18-8-10-4-9(10)2/h5-6,9-10,17-18H,3-4,7-8H2,1-2H3. The van der Waals surface area contributed by atoms with Gasteiger partial charge < -0.3 is 5.32 Å². The monoisotopic (exact) mass is 350 g/mol. The molecule has 0 radical (unpaired) electrons. The molecule has 0 amide bonds. The van der Waals surface area contributed by atoms with Gasteiger partial charge in [-0.1, -0.05) is 37.0 Å². The van der Waals surface area contributed by atoms with Crippen molar-refractivity contribution in [3.8, 4) is 0 Å². The van der Waals surface area contributed by atoms with E-state index in [0.717, 1.165) is 18.5 Å². The summed E-state index contributed by atoms with van der Waals surface area (Å²) in [6.45, 7) is 5.83. The van der Waals surface area contributed by atoms with Crippen LogP contribution >= 0.6 is 23.2 Å². The fraction of sp³-hybridized carbons (Fsp3) is 0.571. The van der Waals surface area contributed by atoms with E-state index in [0.29, 0.717) is 29.9 Å². The molecule has 0 saturated heterocycles. The Labute approximate surface area is 136 Å². The molecule has 2 atom stereocenters. The van der Waals surface area contributed by atoms with E-state index in [1.807, 2.05) is 6.92 Å². The van der Waals surface area contributed by atoms with Crippen molar-refractivity contribution in [1.29, 1.82) is 0 Å². The number of halogens is 2. The average Bonchev–Trinajstić information content (AvgIpc) is 3.11. The molecule has 1 aliphatic carbocycles. The van der Waals surface area contributed by atoms with Gasteiger partial charge in [0.05, 0.1) is 5.02 Å². The van der Waals surface area contributed by atoms with Gasteiger partial charge in [0, 0.05) is 18.1 Å². The topological polar surface area (TPSA) is 58.2 Å². The Balaban J connectivity index is 2.20. The van der Waals surface area contributed by atoms with E-state index < -0.39 is 10.0 Å². The summed E-state index contributed by atoms with van der Waals surface area (Å²) in [6.07, 6.45) is 1.07. The molecular weight excluding hydrogens is 331 g/mol. The summed E-state index contributed by atoms with van der Waals surface area (Å²) in [5.41, 5.74) is 0.725. The lowest BCUT2D eigenvalue weighted by atomic mass is 10.2. The second-order valence-corrected chi connectivity index (χ2v) is 8.03. The molecular formula is C14H20Cl2N2O2S. The van der Waals surface area contributed by atoms with Crippen LogP contribution in [0.25, 0.3) is 0 Å². The van der Waals surface area contributed by atoms with E-state index in [1.165, 1.54) is 6.07 Å². The zero-order valence-electron chi connectivity index (χ0n) is 12.1. The molecule has 1 aromatic carbocycles. The molecule has 2 unspecified atom stereocenters. The normalized spacial score (nSPS) is 21.5. The highest BCUT2D eigenvalue weighted by Gasteiger charge is 2.33. The van der Waals surface area contributed by atoms with Gasteiger partial charge in [-0.15, -0.1) is 0 Å². The Morgan fingerprint density at radius 3 is 2.52 bits per heavy atom. The molecule has 4 nitrogen and oxygen atoms in total. The number of sulfonamides is 1. The second-order valence-electron chi connectivity index (χ2n) is 5.48. The fourth-order valence-corrected chi connectivity index (χ4v) is 4.11.